The van der Waals surface area contributed by atoms with Gasteiger partial charge in [0.05, 0.1) is 6.07 Å². The van der Waals surface area contributed by atoms with Crippen LogP contribution in [0.2, 0.25) is 0 Å². The van der Waals surface area contributed by atoms with Crippen molar-refractivity contribution in [2.45, 2.75) is 51.1 Å². The Balaban J connectivity index is 2.18. The highest BCUT2D eigenvalue weighted by Crippen LogP contribution is 2.23. The first-order valence-electron chi connectivity index (χ1n) is 5.47. The molecular weight excluding hydrogens is 176 g/mol. The van der Waals surface area contributed by atoms with Crippen molar-refractivity contribution in [2.24, 2.45) is 0 Å². The topological polar surface area (TPSA) is 45.0 Å². The predicted octanol–water partition coefficient (Wildman–Crippen LogP) is 1.84. The van der Waals surface area contributed by atoms with Crippen molar-refractivity contribution in [3.05, 3.63) is 0 Å². The maximum Gasteiger partial charge on any atom is 0.106 e. The van der Waals surface area contributed by atoms with Gasteiger partial charge in [-0.25, -0.2) is 0 Å². The lowest BCUT2D eigenvalue weighted by atomic mass is 10.0. The highest BCUT2D eigenvalue weighted by Gasteiger charge is 2.32. The largest absolute Gasteiger partial charge is 0.381 e. The van der Waals surface area contributed by atoms with Crippen LogP contribution in [0.5, 0.6) is 0 Å². The maximum atomic E-state index is 9.05. The second kappa shape index (κ2) is 5.33. The Morgan fingerprint density at radius 1 is 1.50 bits per heavy atom. The van der Waals surface area contributed by atoms with Crippen LogP contribution in [-0.4, -0.2) is 24.8 Å². The number of hydrogen-bond donors (Lipinski definition) is 1. The summed E-state index contributed by atoms with van der Waals surface area (Å²) < 4.78 is 5.39. The van der Waals surface area contributed by atoms with E-state index in [1.807, 2.05) is 6.92 Å². The predicted molar refractivity (Wildman–Crippen MR) is 55.9 cm³/mol. The molecule has 3 nitrogen and oxygen atoms in total. The second-order valence-corrected chi connectivity index (χ2v) is 4.22. The quantitative estimate of drug-likeness (QED) is 0.632. The third kappa shape index (κ3) is 4.08. The van der Waals surface area contributed by atoms with Crippen LogP contribution in [-0.2, 0) is 4.74 Å². The molecule has 0 aliphatic heterocycles. The van der Waals surface area contributed by atoms with Crippen molar-refractivity contribution in [3.63, 3.8) is 0 Å². The van der Waals surface area contributed by atoms with Crippen molar-refractivity contribution in [2.75, 3.05) is 13.2 Å². The lowest BCUT2D eigenvalue weighted by molar-refractivity contribution is 0.118. The summed E-state index contributed by atoms with van der Waals surface area (Å²) in [4.78, 5) is 0. The SMILES string of the molecule is CCCOCCC(C)(C#N)NC1CC1. The van der Waals surface area contributed by atoms with Crippen LogP contribution in [0.1, 0.15) is 39.5 Å². The maximum absolute atomic E-state index is 9.05. The monoisotopic (exact) mass is 196 g/mol. The van der Waals surface area contributed by atoms with Gasteiger partial charge in [-0.05, 0) is 26.2 Å². The van der Waals surface area contributed by atoms with Gasteiger partial charge in [-0.3, -0.25) is 5.32 Å². The van der Waals surface area contributed by atoms with Gasteiger partial charge in [0.25, 0.3) is 0 Å². The molecule has 1 rings (SSSR count). The first-order valence-corrected chi connectivity index (χ1v) is 5.47. The average molecular weight is 196 g/mol. The fourth-order valence-electron chi connectivity index (χ4n) is 1.36. The van der Waals surface area contributed by atoms with Gasteiger partial charge in [-0.2, -0.15) is 5.26 Å². The summed E-state index contributed by atoms with van der Waals surface area (Å²) in [6, 6.07) is 2.91. The lowest BCUT2D eigenvalue weighted by Gasteiger charge is -2.22. The molecule has 1 aliphatic carbocycles. The molecule has 0 aromatic rings. The molecule has 0 saturated heterocycles. The Bertz CT molecular complexity index is 208. The van der Waals surface area contributed by atoms with Gasteiger partial charge < -0.3 is 4.74 Å². The van der Waals surface area contributed by atoms with Crippen LogP contribution in [0.25, 0.3) is 0 Å². The van der Waals surface area contributed by atoms with Gasteiger partial charge >= 0.3 is 0 Å². The number of ether oxygens (including phenoxy) is 1. The summed E-state index contributed by atoms with van der Waals surface area (Å²) in [5.41, 5.74) is -0.394. The molecule has 0 radical (unpaired) electrons. The molecule has 0 amide bonds. The van der Waals surface area contributed by atoms with Crippen LogP contribution < -0.4 is 5.32 Å². The second-order valence-electron chi connectivity index (χ2n) is 4.22. The van der Waals surface area contributed by atoms with Crippen molar-refractivity contribution in [3.8, 4) is 6.07 Å². The van der Waals surface area contributed by atoms with E-state index in [9.17, 15) is 0 Å². The molecule has 0 aromatic heterocycles. The van der Waals surface area contributed by atoms with Gasteiger partial charge in [0.15, 0.2) is 0 Å². The van der Waals surface area contributed by atoms with Crippen molar-refractivity contribution >= 4 is 0 Å². The molecule has 1 N–H and O–H groups in total. The number of nitrogens with zero attached hydrogens (tertiary/aromatic N) is 1. The number of nitrogens with one attached hydrogen (secondary N) is 1. The minimum absolute atomic E-state index is 0.394. The van der Waals surface area contributed by atoms with E-state index in [-0.39, 0.29) is 0 Å². The Labute approximate surface area is 86.4 Å². The summed E-state index contributed by atoms with van der Waals surface area (Å²) in [6.45, 7) is 5.52. The fourth-order valence-corrected chi connectivity index (χ4v) is 1.36. The van der Waals surface area contributed by atoms with Gasteiger partial charge in [-0.15, -0.1) is 0 Å². The normalized spacial score (nSPS) is 20.1. The Morgan fingerprint density at radius 3 is 2.71 bits per heavy atom. The molecule has 1 aliphatic rings. The molecule has 1 fully saturated rings. The molecule has 14 heavy (non-hydrogen) atoms. The molecule has 1 atom stereocenters. The lowest BCUT2D eigenvalue weighted by Crippen LogP contribution is -2.43. The van der Waals surface area contributed by atoms with Crippen LogP contribution in [0.4, 0.5) is 0 Å². The van der Waals surface area contributed by atoms with E-state index in [4.69, 9.17) is 10.00 Å². The summed E-state index contributed by atoms with van der Waals surface area (Å²) in [7, 11) is 0. The zero-order valence-electron chi connectivity index (χ0n) is 9.18. The zero-order chi connectivity index (χ0) is 10.4. The highest BCUT2D eigenvalue weighted by atomic mass is 16.5. The van der Waals surface area contributed by atoms with Gasteiger partial charge in [0, 0.05) is 25.7 Å². The standard InChI is InChI=1S/C11H20N2O/c1-3-7-14-8-6-11(2,9-12)13-10-4-5-10/h10,13H,3-8H2,1-2H3. The molecule has 0 heterocycles. The first kappa shape index (κ1) is 11.5. The summed E-state index contributed by atoms with van der Waals surface area (Å²) >= 11 is 0. The third-order valence-corrected chi connectivity index (χ3v) is 2.44. The van der Waals surface area contributed by atoms with Crippen molar-refractivity contribution < 1.29 is 4.74 Å². The minimum Gasteiger partial charge on any atom is -0.381 e. The molecule has 0 spiro atoms. The molecular formula is C11H20N2O. The van der Waals surface area contributed by atoms with Crippen LogP contribution in [0.15, 0.2) is 0 Å². The van der Waals surface area contributed by atoms with E-state index in [0.717, 1.165) is 19.4 Å². The van der Waals surface area contributed by atoms with Crippen LogP contribution >= 0.6 is 0 Å². The van der Waals surface area contributed by atoms with E-state index >= 15 is 0 Å². The van der Waals surface area contributed by atoms with E-state index in [1.54, 1.807) is 0 Å². The van der Waals surface area contributed by atoms with Crippen molar-refractivity contribution in [1.29, 1.82) is 5.26 Å². The third-order valence-electron chi connectivity index (χ3n) is 2.44. The number of rotatable bonds is 7. The molecule has 0 aromatic carbocycles. The van der Waals surface area contributed by atoms with E-state index in [2.05, 4.69) is 18.3 Å². The van der Waals surface area contributed by atoms with Crippen molar-refractivity contribution in [1.82, 2.24) is 5.32 Å². The zero-order valence-corrected chi connectivity index (χ0v) is 9.18. The van der Waals surface area contributed by atoms with Gasteiger partial charge in [0.2, 0.25) is 0 Å². The molecule has 3 heteroatoms. The van der Waals surface area contributed by atoms with Gasteiger partial charge in [-0.1, -0.05) is 6.92 Å². The van der Waals surface area contributed by atoms with Gasteiger partial charge in [0.1, 0.15) is 5.54 Å². The Hall–Kier alpha value is -0.590. The number of nitriles is 1. The highest BCUT2D eigenvalue weighted by molar-refractivity contribution is 5.06. The van der Waals surface area contributed by atoms with Crippen LogP contribution in [0, 0.1) is 11.3 Å². The molecule has 1 unspecified atom stereocenters. The van der Waals surface area contributed by atoms with E-state index in [0.29, 0.717) is 12.6 Å². The van der Waals surface area contributed by atoms with E-state index in [1.165, 1.54) is 12.8 Å². The summed E-state index contributed by atoms with van der Waals surface area (Å²) in [6.07, 6.45) is 4.25. The van der Waals surface area contributed by atoms with E-state index < -0.39 is 5.54 Å². The Kier molecular flexibility index (Phi) is 4.37. The first-order chi connectivity index (χ1) is 6.70. The van der Waals surface area contributed by atoms with Crippen LogP contribution in [0.3, 0.4) is 0 Å². The smallest absolute Gasteiger partial charge is 0.106 e. The summed E-state index contributed by atoms with van der Waals surface area (Å²) in [5.74, 6) is 0. The molecule has 1 saturated carbocycles. The average Bonchev–Trinajstić information content (AvgIpc) is 2.96. The summed E-state index contributed by atoms with van der Waals surface area (Å²) in [5, 5.41) is 12.4. The Morgan fingerprint density at radius 2 is 2.21 bits per heavy atom. The number of hydrogen-bond acceptors (Lipinski definition) is 3. The molecule has 0 bridgehead atoms. The molecule has 80 valence electrons. The fraction of sp³-hybridized carbons (Fsp3) is 0.909. The minimum atomic E-state index is -0.394.